The Morgan fingerprint density at radius 3 is 2.69 bits per heavy atom. The van der Waals surface area contributed by atoms with Crippen molar-refractivity contribution in [3.63, 3.8) is 0 Å². The standard InChI is InChI=1S/C22H20FN7O2/c1-22(11-32-12-22)26-21(31)14-7-8-18(24-9-14)30-10-17(25-13-30)20-19(27-28-29(20)2)15-5-3-4-6-16(15)23/h3-10,13H,11-12H2,1-2H3,(H,26,31). The van der Waals surface area contributed by atoms with Gasteiger partial charge in [-0.25, -0.2) is 19.0 Å². The largest absolute Gasteiger partial charge is 0.376 e. The van der Waals surface area contributed by atoms with Crippen LogP contribution >= 0.6 is 0 Å². The fourth-order valence-corrected chi connectivity index (χ4v) is 3.55. The summed E-state index contributed by atoms with van der Waals surface area (Å²) in [5.74, 6) is 0.00394. The zero-order valence-corrected chi connectivity index (χ0v) is 17.5. The molecule has 1 N–H and O–H groups in total. The lowest BCUT2D eigenvalue weighted by Gasteiger charge is -2.38. The second kappa shape index (κ2) is 7.65. The molecule has 4 aromatic rings. The van der Waals surface area contributed by atoms with Crippen LogP contribution in [0.25, 0.3) is 28.5 Å². The molecule has 0 atom stereocenters. The fraction of sp³-hybridized carbons (Fsp3) is 0.227. The first-order valence-corrected chi connectivity index (χ1v) is 9.99. The van der Waals surface area contributed by atoms with Crippen molar-refractivity contribution in [2.75, 3.05) is 13.2 Å². The van der Waals surface area contributed by atoms with Gasteiger partial charge in [0.05, 0.1) is 24.3 Å². The number of hydrogen-bond acceptors (Lipinski definition) is 6. The number of nitrogens with zero attached hydrogens (tertiary/aromatic N) is 6. The molecule has 0 aliphatic carbocycles. The van der Waals surface area contributed by atoms with Crippen molar-refractivity contribution in [3.8, 4) is 28.5 Å². The van der Waals surface area contributed by atoms with Crippen molar-refractivity contribution in [3.05, 3.63) is 66.5 Å². The number of pyridine rings is 1. The van der Waals surface area contributed by atoms with E-state index in [9.17, 15) is 9.18 Å². The van der Waals surface area contributed by atoms with E-state index < -0.39 is 0 Å². The molecule has 1 amide bonds. The molecule has 0 radical (unpaired) electrons. The molecule has 0 bridgehead atoms. The van der Waals surface area contributed by atoms with Gasteiger partial charge in [-0.1, -0.05) is 17.3 Å². The fourth-order valence-electron chi connectivity index (χ4n) is 3.55. The summed E-state index contributed by atoms with van der Waals surface area (Å²) in [4.78, 5) is 21.3. The van der Waals surface area contributed by atoms with Crippen LogP contribution in [0.3, 0.4) is 0 Å². The first-order valence-electron chi connectivity index (χ1n) is 9.99. The molecule has 0 saturated carbocycles. The van der Waals surface area contributed by atoms with Gasteiger partial charge in [0.25, 0.3) is 5.91 Å². The Morgan fingerprint density at radius 1 is 1.19 bits per heavy atom. The van der Waals surface area contributed by atoms with Crippen LogP contribution in [0.1, 0.15) is 17.3 Å². The van der Waals surface area contributed by atoms with Crippen LogP contribution < -0.4 is 5.32 Å². The van der Waals surface area contributed by atoms with E-state index >= 15 is 0 Å². The smallest absolute Gasteiger partial charge is 0.253 e. The first kappa shape index (κ1) is 20.0. The maximum atomic E-state index is 14.3. The van der Waals surface area contributed by atoms with E-state index in [1.165, 1.54) is 12.3 Å². The molecule has 162 valence electrons. The molecule has 3 aromatic heterocycles. The summed E-state index contributed by atoms with van der Waals surface area (Å²) < 4.78 is 22.8. The molecule has 1 fully saturated rings. The Labute approximate surface area is 182 Å². The molecule has 1 aliphatic heterocycles. The Kier molecular flexibility index (Phi) is 4.78. The SMILES string of the molecule is Cn1nnc(-c2ccccc2F)c1-c1cn(-c2ccc(C(=O)NC3(C)COC3)cn2)cn1. The third-order valence-electron chi connectivity index (χ3n) is 5.31. The lowest BCUT2D eigenvalue weighted by molar-refractivity contribution is -0.0593. The molecule has 5 rings (SSSR count). The molecule has 1 saturated heterocycles. The van der Waals surface area contributed by atoms with E-state index in [-0.39, 0.29) is 17.3 Å². The van der Waals surface area contributed by atoms with E-state index in [2.05, 4.69) is 25.6 Å². The molecule has 0 spiro atoms. The van der Waals surface area contributed by atoms with Crippen LogP contribution in [-0.4, -0.2) is 54.2 Å². The number of ether oxygens (including phenoxy) is 1. The van der Waals surface area contributed by atoms with Gasteiger partial charge in [-0.15, -0.1) is 5.10 Å². The first-order chi connectivity index (χ1) is 15.4. The summed E-state index contributed by atoms with van der Waals surface area (Å²) in [6.45, 7) is 2.94. The van der Waals surface area contributed by atoms with Gasteiger partial charge >= 0.3 is 0 Å². The molecule has 10 heteroatoms. The maximum absolute atomic E-state index is 14.3. The quantitative estimate of drug-likeness (QED) is 0.519. The van der Waals surface area contributed by atoms with Crippen molar-refractivity contribution in [2.45, 2.75) is 12.5 Å². The minimum atomic E-state index is -0.383. The number of rotatable bonds is 5. The summed E-state index contributed by atoms with van der Waals surface area (Å²) in [5.41, 5.74) is 2.04. The molecule has 32 heavy (non-hydrogen) atoms. The molecular weight excluding hydrogens is 413 g/mol. The van der Waals surface area contributed by atoms with E-state index in [4.69, 9.17) is 4.74 Å². The van der Waals surface area contributed by atoms with Gasteiger partial charge in [-0.3, -0.25) is 9.36 Å². The van der Waals surface area contributed by atoms with Crippen LogP contribution in [0.2, 0.25) is 0 Å². The van der Waals surface area contributed by atoms with Crippen LogP contribution in [0.4, 0.5) is 4.39 Å². The average molecular weight is 433 g/mol. The summed E-state index contributed by atoms with van der Waals surface area (Å²) in [6, 6.07) is 9.85. The van der Waals surface area contributed by atoms with Gasteiger partial charge in [-0.2, -0.15) is 0 Å². The second-order valence-electron chi connectivity index (χ2n) is 7.97. The molecule has 1 aromatic carbocycles. The highest BCUT2D eigenvalue weighted by molar-refractivity contribution is 5.94. The number of nitrogens with one attached hydrogen (secondary N) is 1. The zero-order valence-electron chi connectivity index (χ0n) is 17.5. The lowest BCUT2D eigenvalue weighted by Crippen LogP contribution is -2.59. The minimum Gasteiger partial charge on any atom is -0.376 e. The highest BCUT2D eigenvalue weighted by atomic mass is 19.1. The topological polar surface area (TPSA) is 99.8 Å². The summed E-state index contributed by atoms with van der Waals surface area (Å²) >= 11 is 0. The maximum Gasteiger partial charge on any atom is 0.253 e. The normalized spacial score (nSPS) is 14.7. The molecule has 4 heterocycles. The predicted octanol–water partition coefficient (Wildman–Crippen LogP) is 2.39. The van der Waals surface area contributed by atoms with Gasteiger partial charge in [-0.05, 0) is 31.2 Å². The number of aryl methyl sites for hydroxylation is 1. The van der Waals surface area contributed by atoms with Gasteiger partial charge in [0, 0.05) is 25.0 Å². The Morgan fingerprint density at radius 2 is 2.00 bits per heavy atom. The lowest BCUT2D eigenvalue weighted by atomic mass is 10.0. The van der Waals surface area contributed by atoms with Crippen molar-refractivity contribution < 1.29 is 13.9 Å². The second-order valence-corrected chi connectivity index (χ2v) is 7.97. The van der Waals surface area contributed by atoms with E-state index in [1.807, 2.05) is 6.92 Å². The Hall–Kier alpha value is -3.92. The van der Waals surface area contributed by atoms with E-state index in [0.717, 1.165) is 0 Å². The monoisotopic (exact) mass is 433 g/mol. The number of benzene rings is 1. The number of amides is 1. The van der Waals surface area contributed by atoms with Crippen molar-refractivity contribution in [1.29, 1.82) is 0 Å². The van der Waals surface area contributed by atoms with Crippen LogP contribution in [-0.2, 0) is 11.8 Å². The average Bonchev–Trinajstić information content (AvgIpc) is 3.39. The van der Waals surface area contributed by atoms with Crippen LogP contribution in [0, 0.1) is 5.82 Å². The Bertz CT molecular complexity index is 1290. The molecule has 9 nitrogen and oxygen atoms in total. The number of carbonyl (C=O) groups excluding carboxylic acids is 1. The number of halogens is 1. The van der Waals surface area contributed by atoms with Crippen molar-refractivity contribution in [2.24, 2.45) is 7.05 Å². The number of carbonyl (C=O) groups is 1. The summed E-state index contributed by atoms with van der Waals surface area (Å²) in [6.07, 6.45) is 4.88. The molecular formula is C22H20FN7O2. The van der Waals surface area contributed by atoms with Crippen LogP contribution in [0.5, 0.6) is 0 Å². The van der Waals surface area contributed by atoms with E-state index in [0.29, 0.717) is 47.2 Å². The number of aromatic nitrogens is 6. The van der Waals surface area contributed by atoms with Gasteiger partial charge in [0.15, 0.2) is 0 Å². The van der Waals surface area contributed by atoms with Crippen LogP contribution in [0.15, 0.2) is 55.1 Å². The number of hydrogen-bond donors (Lipinski definition) is 1. The third kappa shape index (κ3) is 3.54. The van der Waals surface area contributed by atoms with Crippen molar-refractivity contribution in [1.82, 2.24) is 34.8 Å². The van der Waals surface area contributed by atoms with Gasteiger partial charge in [0.2, 0.25) is 0 Å². The summed E-state index contributed by atoms with van der Waals surface area (Å²) in [5, 5.41) is 11.1. The van der Waals surface area contributed by atoms with Gasteiger partial charge in [0.1, 0.15) is 35.0 Å². The highest BCUT2D eigenvalue weighted by Crippen LogP contribution is 2.30. The molecule has 0 unspecified atom stereocenters. The zero-order chi connectivity index (χ0) is 22.3. The summed E-state index contributed by atoms with van der Waals surface area (Å²) in [7, 11) is 1.73. The Balaban J connectivity index is 1.41. The van der Waals surface area contributed by atoms with E-state index in [1.54, 1.807) is 59.2 Å². The van der Waals surface area contributed by atoms with Crippen molar-refractivity contribution >= 4 is 5.91 Å². The highest BCUT2D eigenvalue weighted by Gasteiger charge is 2.35. The minimum absolute atomic E-state index is 0.198. The molecule has 1 aliphatic rings. The number of imidazole rings is 1. The third-order valence-corrected chi connectivity index (χ3v) is 5.31. The van der Waals surface area contributed by atoms with Gasteiger partial charge < -0.3 is 10.1 Å². The predicted molar refractivity (Wildman–Crippen MR) is 113 cm³/mol.